The van der Waals surface area contributed by atoms with Crippen LogP contribution in [0.3, 0.4) is 0 Å². The summed E-state index contributed by atoms with van der Waals surface area (Å²) in [5.41, 5.74) is 2.01. The molecule has 0 aromatic heterocycles. The van der Waals surface area contributed by atoms with E-state index in [1.165, 1.54) is 0 Å². The van der Waals surface area contributed by atoms with Crippen LogP contribution in [-0.4, -0.2) is 18.3 Å². The molecule has 4 heteroatoms. The second-order valence-electron chi connectivity index (χ2n) is 3.94. The van der Waals surface area contributed by atoms with Gasteiger partial charge in [0.15, 0.2) is 5.96 Å². The molecule has 0 spiro atoms. The molecular formula is C15H17N3S. The number of benzene rings is 2. The van der Waals surface area contributed by atoms with Gasteiger partial charge in [0.05, 0.1) is 6.54 Å². The van der Waals surface area contributed by atoms with E-state index < -0.39 is 0 Å². The van der Waals surface area contributed by atoms with Crippen LogP contribution in [0.15, 0.2) is 65.7 Å². The number of nitrogens with zero attached hydrogens (tertiary/aromatic N) is 1. The summed E-state index contributed by atoms with van der Waals surface area (Å²) in [4.78, 5) is 4.45. The summed E-state index contributed by atoms with van der Waals surface area (Å²) in [6.45, 7) is 0.665. The Balaban J connectivity index is 2.08. The molecule has 2 N–H and O–H groups in total. The SMILES string of the molecule is SCCN=C(Nc1ccccc1)Nc1ccccc1. The topological polar surface area (TPSA) is 36.4 Å². The molecule has 0 radical (unpaired) electrons. The highest BCUT2D eigenvalue weighted by Crippen LogP contribution is 2.09. The fourth-order valence-electron chi connectivity index (χ4n) is 1.59. The normalized spacial score (nSPS) is 9.74. The molecule has 0 saturated heterocycles. The van der Waals surface area contributed by atoms with Gasteiger partial charge in [0.1, 0.15) is 0 Å². The number of para-hydroxylation sites is 2. The molecule has 0 unspecified atom stereocenters. The summed E-state index contributed by atoms with van der Waals surface area (Å²) in [5, 5.41) is 6.53. The van der Waals surface area contributed by atoms with Gasteiger partial charge < -0.3 is 10.6 Å². The summed E-state index contributed by atoms with van der Waals surface area (Å²) in [6.07, 6.45) is 0. The Hall–Kier alpha value is -1.94. The van der Waals surface area contributed by atoms with Crippen molar-refractivity contribution >= 4 is 30.0 Å². The maximum atomic E-state index is 4.45. The van der Waals surface area contributed by atoms with Crippen molar-refractivity contribution in [1.29, 1.82) is 0 Å². The van der Waals surface area contributed by atoms with Gasteiger partial charge in [-0.25, -0.2) is 0 Å². The minimum absolute atomic E-state index is 0.665. The maximum Gasteiger partial charge on any atom is 0.200 e. The Labute approximate surface area is 119 Å². The van der Waals surface area contributed by atoms with Crippen LogP contribution in [0.25, 0.3) is 0 Å². The van der Waals surface area contributed by atoms with Gasteiger partial charge >= 0.3 is 0 Å². The molecule has 3 nitrogen and oxygen atoms in total. The number of nitrogens with one attached hydrogen (secondary N) is 2. The molecule has 0 aliphatic heterocycles. The second kappa shape index (κ2) is 7.48. The average molecular weight is 271 g/mol. The smallest absolute Gasteiger partial charge is 0.200 e. The Morgan fingerprint density at radius 3 is 1.74 bits per heavy atom. The molecule has 0 aliphatic rings. The Morgan fingerprint density at radius 2 is 1.32 bits per heavy atom. The molecule has 19 heavy (non-hydrogen) atoms. The van der Waals surface area contributed by atoms with E-state index in [9.17, 15) is 0 Å². The van der Waals surface area contributed by atoms with Gasteiger partial charge in [0.25, 0.3) is 0 Å². The van der Waals surface area contributed by atoms with Crippen molar-refractivity contribution < 1.29 is 0 Å². The minimum Gasteiger partial charge on any atom is -0.326 e. The van der Waals surface area contributed by atoms with E-state index in [4.69, 9.17) is 0 Å². The Bertz CT molecular complexity index is 468. The lowest BCUT2D eigenvalue weighted by Gasteiger charge is -2.12. The van der Waals surface area contributed by atoms with Crippen molar-refractivity contribution in [1.82, 2.24) is 0 Å². The number of thiol groups is 1. The van der Waals surface area contributed by atoms with Crippen molar-refractivity contribution in [3.05, 3.63) is 60.7 Å². The van der Waals surface area contributed by atoms with Crippen molar-refractivity contribution in [3.8, 4) is 0 Å². The minimum atomic E-state index is 0.665. The summed E-state index contributed by atoms with van der Waals surface area (Å²) < 4.78 is 0. The van der Waals surface area contributed by atoms with E-state index in [0.29, 0.717) is 6.54 Å². The number of rotatable bonds is 4. The van der Waals surface area contributed by atoms with E-state index in [-0.39, 0.29) is 0 Å². The third-order valence-corrected chi connectivity index (χ3v) is 2.64. The number of anilines is 2. The second-order valence-corrected chi connectivity index (χ2v) is 4.38. The van der Waals surface area contributed by atoms with E-state index in [2.05, 4.69) is 28.3 Å². The van der Waals surface area contributed by atoms with Crippen LogP contribution in [0.4, 0.5) is 11.4 Å². The van der Waals surface area contributed by atoms with E-state index >= 15 is 0 Å². The zero-order valence-corrected chi connectivity index (χ0v) is 11.5. The summed E-state index contributed by atoms with van der Waals surface area (Å²) in [7, 11) is 0. The van der Waals surface area contributed by atoms with Crippen LogP contribution in [0.5, 0.6) is 0 Å². The Kier molecular flexibility index (Phi) is 5.31. The predicted octanol–water partition coefficient (Wildman–Crippen LogP) is 3.50. The van der Waals surface area contributed by atoms with Crippen molar-refractivity contribution in [2.45, 2.75) is 0 Å². The average Bonchev–Trinajstić information content (AvgIpc) is 2.47. The molecular weight excluding hydrogens is 254 g/mol. The maximum absolute atomic E-state index is 4.45. The molecule has 0 fully saturated rings. The molecule has 0 bridgehead atoms. The lowest BCUT2D eigenvalue weighted by atomic mass is 10.3. The predicted molar refractivity (Wildman–Crippen MR) is 86.3 cm³/mol. The molecule has 0 atom stereocenters. The van der Waals surface area contributed by atoms with Gasteiger partial charge in [-0.1, -0.05) is 36.4 Å². The Morgan fingerprint density at radius 1 is 0.842 bits per heavy atom. The molecule has 0 heterocycles. The van der Waals surface area contributed by atoms with Crippen LogP contribution < -0.4 is 10.6 Å². The zero-order valence-electron chi connectivity index (χ0n) is 10.6. The largest absolute Gasteiger partial charge is 0.326 e. The van der Waals surface area contributed by atoms with Crippen molar-refractivity contribution in [2.24, 2.45) is 4.99 Å². The van der Waals surface area contributed by atoms with Crippen LogP contribution in [-0.2, 0) is 0 Å². The summed E-state index contributed by atoms with van der Waals surface area (Å²) in [6, 6.07) is 19.9. The van der Waals surface area contributed by atoms with Gasteiger partial charge in [-0.15, -0.1) is 0 Å². The van der Waals surface area contributed by atoms with E-state index in [1.54, 1.807) is 0 Å². The molecule has 2 rings (SSSR count). The number of aliphatic imine (C=N–C) groups is 1. The van der Waals surface area contributed by atoms with Crippen LogP contribution >= 0.6 is 12.6 Å². The fourth-order valence-corrected chi connectivity index (χ4v) is 1.69. The van der Waals surface area contributed by atoms with Crippen LogP contribution in [0.2, 0.25) is 0 Å². The number of hydrogen-bond donors (Lipinski definition) is 3. The lowest BCUT2D eigenvalue weighted by molar-refractivity contribution is 1.14. The zero-order chi connectivity index (χ0) is 13.3. The first kappa shape index (κ1) is 13.5. The van der Waals surface area contributed by atoms with E-state index in [1.807, 2.05) is 60.7 Å². The quantitative estimate of drug-likeness (QED) is 0.452. The highest BCUT2D eigenvalue weighted by atomic mass is 32.1. The van der Waals surface area contributed by atoms with Crippen molar-refractivity contribution in [2.75, 3.05) is 22.9 Å². The molecule has 0 saturated carbocycles. The monoisotopic (exact) mass is 271 g/mol. The molecule has 0 amide bonds. The standard InChI is InChI=1S/C15H17N3S/c19-12-11-16-15(17-13-7-3-1-4-8-13)18-14-9-5-2-6-10-14/h1-10,19H,11-12H2,(H2,16,17,18). The van der Waals surface area contributed by atoms with Gasteiger partial charge in [0, 0.05) is 17.1 Å². The fraction of sp³-hybridized carbons (Fsp3) is 0.133. The van der Waals surface area contributed by atoms with Gasteiger partial charge in [-0.05, 0) is 24.3 Å². The molecule has 98 valence electrons. The van der Waals surface area contributed by atoms with Gasteiger partial charge in [0.2, 0.25) is 0 Å². The lowest BCUT2D eigenvalue weighted by Crippen LogP contribution is -2.22. The van der Waals surface area contributed by atoms with Crippen LogP contribution in [0, 0.1) is 0 Å². The third-order valence-electron chi connectivity index (χ3n) is 2.44. The third kappa shape index (κ3) is 4.67. The molecule has 2 aromatic carbocycles. The highest BCUT2D eigenvalue weighted by Gasteiger charge is 2.00. The number of hydrogen-bond acceptors (Lipinski definition) is 2. The van der Waals surface area contributed by atoms with Crippen molar-refractivity contribution in [3.63, 3.8) is 0 Å². The van der Waals surface area contributed by atoms with Crippen LogP contribution in [0.1, 0.15) is 0 Å². The first-order chi connectivity index (χ1) is 9.38. The molecule has 0 aliphatic carbocycles. The molecule has 2 aromatic rings. The first-order valence-electron chi connectivity index (χ1n) is 6.18. The van der Waals surface area contributed by atoms with Gasteiger partial charge in [-0.2, -0.15) is 12.6 Å². The first-order valence-corrected chi connectivity index (χ1v) is 6.81. The van der Waals surface area contributed by atoms with E-state index in [0.717, 1.165) is 23.1 Å². The summed E-state index contributed by atoms with van der Waals surface area (Å²) in [5.74, 6) is 1.45. The summed E-state index contributed by atoms with van der Waals surface area (Å²) >= 11 is 4.19. The van der Waals surface area contributed by atoms with Gasteiger partial charge in [-0.3, -0.25) is 4.99 Å². The highest BCUT2D eigenvalue weighted by molar-refractivity contribution is 7.80. The number of guanidine groups is 1.